The van der Waals surface area contributed by atoms with E-state index in [1.807, 2.05) is 11.9 Å². The number of nitrogens with zero attached hydrogens (tertiary/aromatic N) is 2. The molecule has 1 heterocycles. The summed E-state index contributed by atoms with van der Waals surface area (Å²) in [5, 5.41) is 0. The molecule has 3 unspecified atom stereocenters. The third kappa shape index (κ3) is 3.45. The highest BCUT2D eigenvalue weighted by atomic mass is 79.9. The maximum Gasteiger partial charge on any atom is 0.193 e. The van der Waals surface area contributed by atoms with Crippen molar-refractivity contribution in [1.29, 1.82) is 0 Å². The molecule has 1 aliphatic heterocycles. The lowest BCUT2D eigenvalue weighted by Crippen LogP contribution is -2.47. The number of allylic oxidation sites excluding steroid dienone is 1. The van der Waals surface area contributed by atoms with Gasteiger partial charge in [0.15, 0.2) is 12.2 Å². The molecule has 0 saturated carbocycles. The Morgan fingerprint density at radius 1 is 1.65 bits per heavy atom. The van der Waals surface area contributed by atoms with Crippen molar-refractivity contribution < 1.29 is 4.74 Å². The Bertz CT molecular complexity index is 319. The van der Waals surface area contributed by atoms with Crippen LogP contribution in [0.3, 0.4) is 0 Å². The molecule has 0 aromatic rings. The van der Waals surface area contributed by atoms with Crippen LogP contribution in [0.1, 0.15) is 19.3 Å². The lowest BCUT2D eigenvalue weighted by molar-refractivity contribution is 0.0326. The SMILES string of the molecule is CN1CC(Br)C(OCC2C=CCCC2)N=C1N. The number of ether oxygens (including phenoxy) is 1. The molecule has 0 radical (unpaired) electrons. The van der Waals surface area contributed by atoms with E-state index in [1.165, 1.54) is 19.3 Å². The Labute approximate surface area is 111 Å². The molecule has 3 atom stereocenters. The molecule has 96 valence electrons. The van der Waals surface area contributed by atoms with Crippen LogP contribution in [0.4, 0.5) is 0 Å². The summed E-state index contributed by atoms with van der Waals surface area (Å²) in [6.45, 7) is 1.57. The van der Waals surface area contributed by atoms with Gasteiger partial charge in [0.25, 0.3) is 0 Å². The van der Waals surface area contributed by atoms with Gasteiger partial charge >= 0.3 is 0 Å². The number of rotatable bonds is 3. The van der Waals surface area contributed by atoms with E-state index in [1.54, 1.807) is 0 Å². The summed E-state index contributed by atoms with van der Waals surface area (Å²) in [5.41, 5.74) is 5.80. The van der Waals surface area contributed by atoms with Crippen molar-refractivity contribution in [2.75, 3.05) is 20.2 Å². The van der Waals surface area contributed by atoms with Crippen LogP contribution in [-0.2, 0) is 4.74 Å². The molecule has 4 nitrogen and oxygen atoms in total. The molecule has 0 aromatic carbocycles. The molecule has 0 spiro atoms. The van der Waals surface area contributed by atoms with E-state index in [2.05, 4.69) is 33.1 Å². The van der Waals surface area contributed by atoms with E-state index >= 15 is 0 Å². The fourth-order valence-electron chi connectivity index (χ4n) is 2.14. The molecule has 5 heteroatoms. The quantitative estimate of drug-likeness (QED) is 0.638. The molecule has 0 fully saturated rings. The van der Waals surface area contributed by atoms with Crippen LogP contribution in [0.15, 0.2) is 17.1 Å². The number of aliphatic imine (C=N–C) groups is 1. The highest BCUT2D eigenvalue weighted by molar-refractivity contribution is 9.09. The standard InChI is InChI=1S/C12H20BrN3O/c1-16-7-10(13)11(15-12(16)14)17-8-9-5-3-2-4-6-9/h3,5,9-11H,2,4,6-8H2,1H3,(H2,14,15). The fourth-order valence-corrected chi connectivity index (χ4v) is 2.85. The van der Waals surface area contributed by atoms with Crippen molar-refractivity contribution >= 4 is 21.9 Å². The number of hydrogen-bond acceptors (Lipinski definition) is 4. The van der Waals surface area contributed by atoms with Crippen molar-refractivity contribution in [3.05, 3.63) is 12.2 Å². The van der Waals surface area contributed by atoms with E-state index < -0.39 is 0 Å². The predicted molar refractivity (Wildman–Crippen MR) is 73.2 cm³/mol. The fraction of sp³-hybridized carbons (Fsp3) is 0.750. The van der Waals surface area contributed by atoms with Crippen LogP contribution < -0.4 is 5.73 Å². The summed E-state index contributed by atoms with van der Waals surface area (Å²) in [5.74, 6) is 1.10. The third-order valence-corrected chi connectivity index (χ3v) is 3.99. The van der Waals surface area contributed by atoms with Crippen molar-refractivity contribution in [3.8, 4) is 0 Å². The van der Waals surface area contributed by atoms with E-state index in [9.17, 15) is 0 Å². The van der Waals surface area contributed by atoms with Gasteiger partial charge in [-0.25, -0.2) is 4.99 Å². The first kappa shape index (κ1) is 12.9. The normalized spacial score (nSPS) is 33.6. The van der Waals surface area contributed by atoms with Gasteiger partial charge < -0.3 is 15.4 Å². The maximum absolute atomic E-state index is 5.86. The summed E-state index contributed by atoms with van der Waals surface area (Å²) >= 11 is 3.60. The molecule has 1 aliphatic carbocycles. The average Bonchev–Trinajstić information content (AvgIpc) is 2.33. The zero-order valence-corrected chi connectivity index (χ0v) is 11.8. The zero-order valence-electron chi connectivity index (χ0n) is 10.2. The Kier molecular flexibility index (Phi) is 4.45. The minimum Gasteiger partial charge on any atom is -0.370 e. The summed E-state index contributed by atoms with van der Waals surface area (Å²) in [7, 11) is 1.94. The Hall–Kier alpha value is -0.550. The van der Waals surface area contributed by atoms with Gasteiger partial charge in [-0.1, -0.05) is 28.1 Å². The maximum atomic E-state index is 5.86. The van der Waals surface area contributed by atoms with Crippen LogP contribution in [0.25, 0.3) is 0 Å². The van der Waals surface area contributed by atoms with E-state index in [0.29, 0.717) is 11.9 Å². The molecule has 0 amide bonds. The molecule has 2 N–H and O–H groups in total. The second-order valence-corrected chi connectivity index (χ2v) is 5.90. The van der Waals surface area contributed by atoms with Crippen molar-refractivity contribution in [3.63, 3.8) is 0 Å². The highest BCUT2D eigenvalue weighted by Gasteiger charge is 2.27. The second-order valence-electron chi connectivity index (χ2n) is 4.73. The monoisotopic (exact) mass is 301 g/mol. The smallest absolute Gasteiger partial charge is 0.193 e. The van der Waals surface area contributed by atoms with Crippen LogP contribution in [0.2, 0.25) is 0 Å². The van der Waals surface area contributed by atoms with Crippen molar-refractivity contribution in [1.82, 2.24) is 4.90 Å². The van der Waals surface area contributed by atoms with Gasteiger partial charge in [-0.15, -0.1) is 0 Å². The van der Waals surface area contributed by atoms with Crippen LogP contribution in [0.5, 0.6) is 0 Å². The van der Waals surface area contributed by atoms with Crippen LogP contribution >= 0.6 is 15.9 Å². The Balaban J connectivity index is 1.85. The van der Waals surface area contributed by atoms with Gasteiger partial charge in [-0.05, 0) is 19.3 Å². The third-order valence-electron chi connectivity index (χ3n) is 3.24. The van der Waals surface area contributed by atoms with Gasteiger partial charge in [0.05, 0.1) is 11.4 Å². The molecule has 0 bridgehead atoms. The van der Waals surface area contributed by atoms with E-state index in [4.69, 9.17) is 10.5 Å². The summed E-state index contributed by atoms with van der Waals surface area (Å²) < 4.78 is 5.86. The zero-order chi connectivity index (χ0) is 12.3. The molecule has 0 saturated heterocycles. The van der Waals surface area contributed by atoms with Crippen LogP contribution in [-0.4, -0.2) is 42.1 Å². The topological polar surface area (TPSA) is 50.8 Å². The number of nitrogens with two attached hydrogens (primary N) is 1. The first-order valence-corrected chi connectivity index (χ1v) is 7.05. The molecule has 17 heavy (non-hydrogen) atoms. The number of alkyl halides is 1. The summed E-state index contributed by atoms with van der Waals surface area (Å²) in [6.07, 6.45) is 8.04. The molecular formula is C12H20BrN3O. The first-order chi connectivity index (χ1) is 8.16. The van der Waals surface area contributed by atoms with E-state index in [-0.39, 0.29) is 11.1 Å². The summed E-state index contributed by atoms with van der Waals surface area (Å²) in [4.78, 5) is 6.50. The number of hydrogen-bond donors (Lipinski definition) is 1. The number of guanidine groups is 1. The Morgan fingerprint density at radius 2 is 2.47 bits per heavy atom. The van der Waals surface area contributed by atoms with Crippen molar-refractivity contribution in [2.45, 2.75) is 30.3 Å². The van der Waals surface area contributed by atoms with Gasteiger partial charge in [0.2, 0.25) is 0 Å². The first-order valence-electron chi connectivity index (χ1n) is 6.13. The molecule has 2 rings (SSSR count). The molecule has 0 aromatic heterocycles. The van der Waals surface area contributed by atoms with Gasteiger partial charge in [-0.2, -0.15) is 0 Å². The van der Waals surface area contributed by atoms with Gasteiger partial charge in [-0.3, -0.25) is 0 Å². The van der Waals surface area contributed by atoms with Gasteiger partial charge in [0.1, 0.15) is 0 Å². The van der Waals surface area contributed by atoms with Crippen molar-refractivity contribution in [2.24, 2.45) is 16.6 Å². The van der Waals surface area contributed by atoms with Gasteiger partial charge in [0, 0.05) is 19.5 Å². The second kappa shape index (κ2) is 5.87. The average molecular weight is 302 g/mol. The molecule has 2 aliphatic rings. The largest absolute Gasteiger partial charge is 0.370 e. The summed E-state index contributed by atoms with van der Waals surface area (Å²) in [6, 6.07) is 0. The Morgan fingerprint density at radius 3 is 3.18 bits per heavy atom. The lowest BCUT2D eigenvalue weighted by atomic mass is 9.97. The minimum atomic E-state index is -0.151. The predicted octanol–water partition coefficient (Wildman–Crippen LogP) is 1.71. The minimum absolute atomic E-state index is 0.151. The molecular weight excluding hydrogens is 282 g/mol. The van der Waals surface area contributed by atoms with Crippen LogP contribution in [0, 0.1) is 5.92 Å². The lowest BCUT2D eigenvalue weighted by Gasteiger charge is -2.32. The number of halogens is 1. The highest BCUT2D eigenvalue weighted by Crippen LogP contribution is 2.21. The van der Waals surface area contributed by atoms with E-state index in [0.717, 1.165) is 13.2 Å².